The molecule has 0 aliphatic heterocycles. The standard InChI is InChI=1S/C14H6F24/c1-3(15,13(33,34)35)5(17,18)7(21,22)9(25,26)11(29,30)12(31,32)10(27,28)8(23,24)6(19,20)4(2,16)14(36,37)38/h1-2H3. The molecule has 0 saturated carbocycles. The number of halogens is 24. The van der Waals surface area contributed by atoms with E-state index in [1.165, 1.54) is 0 Å². The van der Waals surface area contributed by atoms with Crippen LogP contribution in [0.1, 0.15) is 13.8 Å². The molecule has 0 radical (unpaired) electrons. The van der Waals surface area contributed by atoms with Crippen molar-refractivity contribution in [1.29, 1.82) is 0 Å². The maximum atomic E-state index is 13.5. The molecular weight excluding hydrogens is 624 g/mol. The SMILES string of the molecule is CC(F)(C(F)(F)F)C(F)(F)C(F)(F)C(F)(F)C(F)(F)C(F)(F)C(F)(F)C(F)(F)C(F)(F)C(C)(F)C(F)(F)F. The van der Waals surface area contributed by atoms with E-state index >= 15 is 0 Å². The molecule has 0 amide bonds. The first-order valence-corrected chi connectivity index (χ1v) is 8.29. The number of alkyl halides is 24. The Morgan fingerprint density at radius 3 is 0.421 bits per heavy atom. The summed E-state index contributed by atoms with van der Waals surface area (Å²) in [6, 6.07) is 0. The zero-order valence-electron chi connectivity index (χ0n) is 17.1. The summed E-state index contributed by atoms with van der Waals surface area (Å²) in [5.41, 5.74) is -14.2. The third kappa shape index (κ3) is 4.02. The van der Waals surface area contributed by atoms with Gasteiger partial charge in [-0.2, -0.15) is 96.6 Å². The average molecular weight is 630 g/mol. The van der Waals surface area contributed by atoms with Crippen molar-refractivity contribution >= 4 is 0 Å². The molecule has 0 fully saturated rings. The van der Waals surface area contributed by atoms with E-state index in [1.54, 1.807) is 0 Å². The fraction of sp³-hybridized carbons (Fsp3) is 1.00. The predicted octanol–water partition coefficient (Wildman–Crippen LogP) is 8.65. The topological polar surface area (TPSA) is 0 Å². The van der Waals surface area contributed by atoms with Crippen molar-refractivity contribution in [1.82, 2.24) is 0 Å². The summed E-state index contributed by atoms with van der Waals surface area (Å²) >= 11 is 0. The lowest BCUT2D eigenvalue weighted by Crippen LogP contribution is -2.78. The molecule has 0 aliphatic rings. The largest absolute Gasteiger partial charge is 0.428 e. The molecule has 0 saturated heterocycles. The smallest absolute Gasteiger partial charge is 0.227 e. The molecule has 0 N–H and O–H groups in total. The lowest BCUT2D eigenvalue weighted by atomic mass is 9.82. The first-order valence-electron chi connectivity index (χ1n) is 8.29. The normalized spacial score (nSPS) is 19.7. The van der Waals surface area contributed by atoms with Gasteiger partial charge in [0.15, 0.2) is 0 Å². The highest BCUT2D eigenvalue weighted by Gasteiger charge is 2.98. The molecule has 0 aromatic rings. The van der Waals surface area contributed by atoms with Crippen molar-refractivity contribution in [3.05, 3.63) is 0 Å². The van der Waals surface area contributed by atoms with E-state index in [0.717, 1.165) is 0 Å². The Morgan fingerprint density at radius 1 is 0.211 bits per heavy atom. The van der Waals surface area contributed by atoms with E-state index in [2.05, 4.69) is 0 Å². The van der Waals surface area contributed by atoms with E-state index in [0.29, 0.717) is 0 Å². The Kier molecular flexibility index (Phi) is 8.04. The Balaban J connectivity index is 7.29. The summed E-state index contributed by atoms with van der Waals surface area (Å²) in [6.45, 7) is -3.59. The summed E-state index contributed by atoms with van der Waals surface area (Å²) in [5.74, 6) is -71.8. The van der Waals surface area contributed by atoms with Crippen LogP contribution in [0.15, 0.2) is 0 Å². The van der Waals surface area contributed by atoms with Gasteiger partial charge in [0.25, 0.3) is 11.3 Å². The van der Waals surface area contributed by atoms with Gasteiger partial charge in [-0.1, -0.05) is 0 Å². The van der Waals surface area contributed by atoms with Crippen LogP contribution in [0.5, 0.6) is 0 Å². The molecule has 0 aromatic carbocycles. The van der Waals surface area contributed by atoms with Crippen molar-refractivity contribution < 1.29 is 105 Å². The van der Waals surface area contributed by atoms with Crippen LogP contribution in [-0.2, 0) is 0 Å². The van der Waals surface area contributed by atoms with Crippen LogP contribution in [0.2, 0.25) is 0 Å². The van der Waals surface area contributed by atoms with Crippen LogP contribution in [0.3, 0.4) is 0 Å². The third-order valence-corrected chi connectivity index (χ3v) is 5.00. The van der Waals surface area contributed by atoms with Crippen LogP contribution >= 0.6 is 0 Å². The molecule has 0 aliphatic carbocycles. The Hall–Kier alpha value is -1.68. The van der Waals surface area contributed by atoms with Crippen LogP contribution in [0.4, 0.5) is 105 Å². The van der Waals surface area contributed by atoms with Gasteiger partial charge in [0.2, 0.25) is 0 Å². The van der Waals surface area contributed by atoms with Crippen molar-refractivity contribution in [2.75, 3.05) is 0 Å². The highest BCUT2D eigenvalue weighted by molar-refractivity contribution is 5.20. The molecule has 0 rings (SSSR count). The summed E-state index contributed by atoms with van der Waals surface area (Å²) in [4.78, 5) is 0. The van der Waals surface area contributed by atoms with Gasteiger partial charge < -0.3 is 0 Å². The van der Waals surface area contributed by atoms with Gasteiger partial charge in [-0.3, -0.25) is 0 Å². The quantitative estimate of drug-likeness (QED) is 0.224. The first-order chi connectivity index (χ1) is 15.8. The predicted molar refractivity (Wildman–Crippen MR) is 70.7 cm³/mol. The van der Waals surface area contributed by atoms with E-state index in [-0.39, 0.29) is 0 Å². The molecule has 38 heavy (non-hydrogen) atoms. The Morgan fingerprint density at radius 2 is 0.316 bits per heavy atom. The van der Waals surface area contributed by atoms with E-state index in [1.807, 2.05) is 0 Å². The van der Waals surface area contributed by atoms with Gasteiger partial charge in [-0.05, 0) is 13.8 Å². The van der Waals surface area contributed by atoms with Gasteiger partial charge in [-0.15, -0.1) is 0 Å². The zero-order chi connectivity index (χ0) is 32.0. The number of hydrogen-bond donors (Lipinski definition) is 0. The third-order valence-electron chi connectivity index (χ3n) is 5.00. The average Bonchev–Trinajstić information content (AvgIpc) is 2.64. The number of rotatable bonds is 9. The van der Waals surface area contributed by atoms with Gasteiger partial charge >= 0.3 is 59.7 Å². The van der Waals surface area contributed by atoms with Crippen LogP contribution in [0, 0.1) is 0 Å². The molecule has 0 spiro atoms. The molecule has 230 valence electrons. The summed E-state index contributed by atoms with van der Waals surface area (Å²) < 4.78 is 316. The zero-order valence-corrected chi connectivity index (χ0v) is 17.1. The van der Waals surface area contributed by atoms with Crippen molar-refractivity contribution in [2.24, 2.45) is 0 Å². The summed E-state index contributed by atoms with van der Waals surface area (Å²) in [5, 5.41) is 0. The van der Waals surface area contributed by atoms with Crippen molar-refractivity contribution in [3.63, 3.8) is 0 Å². The second kappa shape index (κ2) is 8.41. The fourth-order valence-corrected chi connectivity index (χ4v) is 2.13. The van der Waals surface area contributed by atoms with Gasteiger partial charge in [-0.25, -0.2) is 8.78 Å². The number of hydrogen-bond acceptors (Lipinski definition) is 0. The molecule has 0 heterocycles. The maximum Gasteiger partial charge on any atom is 0.428 e. The van der Waals surface area contributed by atoms with Crippen LogP contribution in [0.25, 0.3) is 0 Å². The molecule has 2 unspecified atom stereocenters. The van der Waals surface area contributed by atoms with Crippen LogP contribution in [-0.4, -0.2) is 71.1 Å². The Labute approximate surface area is 191 Å². The molecule has 2 atom stereocenters. The monoisotopic (exact) mass is 630 g/mol. The van der Waals surface area contributed by atoms with Gasteiger partial charge in [0, 0.05) is 0 Å². The molecular formula is C14H6F24. The van der Waals surface area contributed by atoms with E-state index < -0.39 is 84.9 Å². The highest BCUT2D eigenvalue weighted by Crippen LogP contribution is 2.67. The molecule has 0 bridgehead atoms. The van der Waals surface area contributed by atoms with Crippen molar-refractivity contribution in [3.8, 4) is 0 Å². The minimum atomic E-state index is -9.36. The fourth-order valence-electron chi connectivity index (χ4n) is 2.13. The maximum absolute atomic E-state index is 13.5. The molecule has 24 heteroatoms. The molecule has 0 aromatic heterocycles. The summed E-state index contributed by atoms with van der Waals surface area (Å²) in [7, 11) is 0. The Bertz CT molecular complexity index is 794. The lowest BCUT2D eigenvalue weighted by Gasteiger charge is -2.46. The highest BCUT2D eigenvalue weighted by atomic mass is 19.4. The van der Waals surface area contributed by atoms with E-state index in [4.69, 9.17) is 0 Å². The van der Waals surface area contributed by atoms with Gasteiger partial charge in [0.05, 0.1) is 0 Å². The van der Waals surface area contributed by atoms with Gasteiger partial charge in [0.1, 0.15) is 0 Å². The first kappa shape index (κ1) is 36.3. The molecule has 0 nitrogen and oxygen atoms in total. The van der Waals surface area contributed by atoms with E-state index in [9.17, 15) is 105 Å². The lowest BCUT2D eigenvalue weighted by molar-refractivity contribution is -0.471. The van der Waals surface area contributed by atoms with Crippen LogP contribution < -0.4 is 0 Å². The minimum absolute atomic E-state index is 1.80. The minimum Gasteiger partial charge on any atom is -0.227 e. The summed E-state index contributed by atoms with van der Waals surface area (Å²) in [6.07, 6.45) is -15.0. The second-order valence-electron chi connectivity index (χ2n) is 7.60. The van der Waals surface area contributed by atoms with Crippen molar-refractivity contribution in [2.45, 2.75) is 84.9 Å². The second-order valence-corrected chi connectivity index (χ2v) is 7.60.